The molecule has 0 amide bonds. The second-order valence-corrected chi connectivity index (χ2v) is 7.39. The molecule has 3 aromatic rings. The molecule has 0 saturated carbocycles. The third-order valence-electron chi connectivity index (χ3n) is 5.30. The van der Waals surface area contributed by atoms with E-state index in [1.807, 2.05) is 49.0 Å². The summed E-state index contributed by atoms with van der Waals surface area (Å²) in [4.78, 5) is 15.9. The number of pyridine rings is 1. The molecule has 0 radical (unpaired) electrons. The van der Waals surface area contributed by atoms with E-state index in [4.69, 9.17) is 5.73 Å². The van der Waals surface area contributed by atoms with E-state index in [9.17, 15) is 0 Å². The normalized spacial score (nSPS) is 21.8. The molecule has 144 valence electrons. The summed E-state index contributed by atoms with van der Waals surface area (Å²) in [6, 6.07) is 4.27. The van der Waals surface area contributed by atoms with Gasteiger partial charge in [-0.2, -0.15) is 5.10 Å². The van der Waals surface area contributed by atoms with Gasteiger partial charge in [0.15, 0.2) is 11.5 Å². The molecule has 1 saturated heterocycles. The summed E-state index contributed by atoms with van der Waals surface area (Å²) >= 11 is 0. The van der Waals surface area contributed by atoms with Crippen molar-refractivity contribution in [3.05, 3.63) is 42.6 Å². The smallest absolute Gasteiger partial charge is 0.180 e. The van der Waals surface area contributed by atoms with E-state index >= 15 is 0 Å². The van der Waals surface area contributed by atoms with Crippen LogP contribution < -0.4 is 16.0 Å². The summed E-state index contributed by atoms with van der Waals surface area (Å²) in [5.74, 6) is 1.88. The van der Waals surface area contributed by atoms with Crippen LogP contribution in [0.25, 0.3) is 5.65 Å². The highest BCUT2D eigenvalue weighted by atomic mass is 15.4. The largest absolute Gasteiger partial charge is 0.355 e. The number of fused-ring (bicyclic) bond motifs is 1. The molecule has 3 aromatic heterocycles. The van der Waals surface area contributed by atoms with Gasteiger partial charge >= 0.3 is 0 Å². The van der Waals surface area contributed by atoms with Crippen LogP contribution >= 0.6 is 0 Å². The molecule has 1 unspecified atom stereocenters. The van der Waals surface area contributed by atoms with E-state index in [-0.39, 0.29) is 12.0 Å². The molecule has 28 heavy (non-hydrogen) atoms. The number of nitrogens with two attached hydrogens (primary N) is 1. The molecule has 9 nitrogen and oxygen atoms in total. The maximum atomic E-state index is 5.99. The van der Waals surface area contributed by atoms with Gasteiger partial charge in [-0.3, -0.25) is 9.41 Å². The number of likely N-dealkylation sites (N-methyl/N-ethyl adjacent to an activating group) is 1. The highest BCUT2D eigenvalue weighted by Gasteiger charge is 2.22. The van der Waals surface area contributed by atoms with Crippen LogP contribution in [-0.2, 0) is 0 Å². The first-order chi connectivity index (χ1) is 13.7. The first kappa shape index (κ1) is 16.9. The van der Waals surface area contributed by atoms with E-state index in [1.54, 1.807) is 6.20 Å². The lowest BCUT2D eigenvalue weighted by atomic mass is 10.1. The van der Waals surface area contributed by atoms with Gasteiger partial charge in [0, 0.05) is 51.3 Å². The monoisotopic (exact) mass is 377 g/mol. The van der Waals surface area contributed by atoms with Crippen LogP contribution in [0.4, 0.5) is 17.3 Å². The average Bonchev–Trinajstić information content (AvgIpc) is 3.42. The minimum atomic E-state index is 0.225. The number of nitrogens with one attached hydrogen (secondary N) is 1. The van der Waals surface area contributed by atoms with Crippen LogP contribution in [0.3, 0.4) is 0 Å². The lowest BCUT2D eigenvalue weighted by molar-refractivity contribution is 0.380. The lowest BCUT2D eigenvalue weighted by Crippen LogP contribution is -2.26. The molecule has 1 fully saturated rings. The Kier molecular flexibility index (Phi) is 4.09. The van der Waals surface area contributed by atoms with Crippen molar-refractivity contribution in [3.8, 4) is 0 Å². The molecule has 9 heteroatoms. The van der Waals surface area contributed by atoms with Crippen LogP contribution in [0.15, 0.2) is 42.0 Å². The molecule has 0 aliphatic carbocycles. The van der Waals surface area contributed by atoms with Crippen molar-refractivity contribution >= 4 is 29.2 Å². The predicted molar refractivity (Wildman–Crippen MR) is 109 cm³/mol. The summed E-state index contributed by atoms with van der Waals surface area (Å²) in [5.41, 5.74) is 8.76. The van der Waals surface area contributed by atoms with E-state index in [1.165, 1.54) is 0 Å². The van der Waals surface area contributed by atoms with Crippen LogP contribution in [-0.4, -0.2) is 63.3 Å². The van der Waals surface area contributed by atoms with Crippen LogP contribution in [0, 0.1) is 0 Å². The molecule has 0 spiro atoms. The number of nitrogens with zero attached hydrogens (tertiary/aromatic N) is 7. The Morgan fingerprint density at radius 2 is 2.07 bits per heavy atom. The fourth-order valence-corrected chi connectivity index (χ4v) is 3.82. The maximum Gasteiger partial charge on any atom is 0.180 e. The SMILES string of the molecule is CN1CC(c2cnc3c(Nc4ccc(N5CC[C@H](N)C5)nc4)nccn23)C=N1. The zero-order valence-electron chi connectivity index (χ0n) is 15.7. The Morgan fingerprint density at radius 3 is 2.79 bits per heavy atom. The van der Waals surface area contributed by atoms with Gasteiger partial charge in [-0.1, -0.05) is 0 Å². The third kappa shape index (κ3) is 3.03. The van der Waals surface area contributed by atoms with Gasteiger partial charge < -0.3 is 16.0 Å². The van der Waals surface area contributed by atoms with E-state index in [2.05, 4.69) is 34.7 Å². The second kappa shape index (κ2) is 6.75. The topological polar surface area (TPSA) is 100.0 Å². The first-order valence-corrected chi connectivity index (χ1v) is 9.48. The molecule has 2 atom stereocenters. The number of hydrogen-bond acceptors (Lipinski definition) is 8. The van der Waals surface area contributed by atoms with E-state index in [0.717, 1.165) is 48.9 Å². The van der Waals surface area contributed by atoms with E-state index in [0.29, 0.717) is 5.82 Å². The average molecular weight is 377 g/mol. The highest BCUT2D eigenvalue weighted by molar-refractivity contribution is 5.73. The molecule has 2 aliphatic heterocycles. The molecular formula is C19H23N9. The molecule has 0 aromatic carbocycles. The van der Waals surface area contributed by atoms with Gasteiger partial charge in [0.2, 0.25) is 0 Å². The van der Waals surface area contributed by atoms with Gasteiger partial charge in [-0.15, -0.1) is 0 Å². The fourth-order valence-electron chi connectivity index (χ4n) is 3.82. The molecular weight excluding hydrogens is 354 g/mol. The molecule has 0 bridgehead atoms. The van der Waals surface area contributed by atoms with Crippen LogP contribution in [0.2, 0.25) is 0 Å². The van der Waals surface area contributed by atoms with Gasteiger partial charge in [-0.05, 0) is 18.6 Å². The Bertz CT molecular complexity index is 1010. The molecule has 5 rings (SSSR count). The Hall–Kier alpha value is -3.20. The zero-order chi connectivity index (χ0) is 19.1. The number of hydrazone groups is 1. The van der Waals surface area contributed by atoms with E-state index < -0.39 is 0 Å². The standard InChI is InChI=1S/C19H23N9/c1-26-11-13(8-24-26)16-10-23-19-18(21-5-7-28(16)19)25-15-2-3-17(22-9-15)27-6-4-14(20)12-27/h2-3,5,7-10,13-14H,4,6,11-12,20H2,1H3,(H,21,25)/t13?,14-/m0/s1. The van der Waals surface area contributed by atoms with Crippen molar-refractivity contribution in [2.45, 2.75) is 18.4 Å². The quantitative estimate of drug-likeness (QED) is 0.709. The Morgan fingerprint density at radius 1 is 1.14 bits per heavy atom. The number of rotatable bonds is 4. The van der Waals surface area contributed by atoms with Crippen molar-refractivity contribution in [1.82, 2.24) is 24.4 Å². The van der Waals surface area contributed by atoms with Crippen molar-refractivity contribution in [3.63, 3.8) is 0 Å². The zero-order valence-corrected chi connectivity index (χ0v) is 15.7. The summed E-state index contributed by atoms with van der Waals surface area (Å²) < 4.78 is 2.07. The summed E-state index contributed by atoms with van der Waals surface area (Å²) in [6.07, 6.45) is 10.4. The molecule has 5 heterocycles. The van der Waals surface area contributed by atoms with Crippen molar-refractivity contribution < 1.29 is 0 Å². The van der Waals surface area contributed by atoms with Gasteiger partial charge in [0.1, 0.15) is 5.82 Å². The third-order valence-corrected chi connectivity index (χ3v) is 5.30. The van der Waals surface area contributed by atoms with Crippen molar-refractivity contribution in [2.24, 2.45) is 10.8 Å². The minimum Gasteiger partial charge on any atom is -0.355 e. The number of aromatic nitrogens is 4. The first-order valence-electron chi connectivity index (χ1n) is 9.48. The molecule has 2 aliphatic rings. The van der Waals surface area contributed by atoms with Crippen LogP contribution in [0.1, 0.15) is 18.0 Å². The van der Waals surface area contributed by atoms with Crippen molar-refractivity contribution in [1.29, 1.82) is 0 Å². The fraction of sp³-hybridized carbons (Fsp3) is 0.368. The summed E-state index contributed by atoms with van der Waals surface area (Å²) in [6.45, 7) is 2.67. The summed E-state index contributed by atoms with van der Waals surface area (Å²) in [7, 11) is 1.97. The highest BCUT2D eigenvalue weighted by Crippen LogP contribution is 2.25. The summed E-state index contributed by atoms with van der Waals surface area (Å²) in [5, 5.41) is 9.61. The Labute approximate surface area is 162 Å². The molecule has 3 N–H and O–H groups in total. The van der Waals surface area contributed by atoms with Crippen LogP contribution in [0.5, 0.6) is 0 Å². The lowest BCUT2D eigenvalue weighted by Gasteiger charge is -2.17. The number of imidazole rings is 1. The predicted octanol–water partition coefficient (Wildman–Crippen LogP) is 1.42. The van der Waals surface area contributed by atoms with Gasteiger partial charge in [0.05, 0.1) is 29.7 Å². The Balaban J connectivity index is 1.38. The number of anilines is 3. The second-order valence-electron chi connectivity index (χ2n) is 7.39. The maximum absolute atomic E-state index is 5.99. The van der Waals surface area contributed by atoms with Gasteiger partial charge in [-0.25, -0.2) is 15.0 Å². The van der Waals surface area contributed by atoms with Gasteiger partial charge in [0.25, 0.3) is 0 Å². The number of hydrogen-bond donors (Lipinski definition) is 2. The minimum absolute atomic E-state index is 0.225. The van der Waals surface area contributed by atoms with Crippen molar-refractivity contribution in [2.75, 3.05) is 36.9 Å².